The van der Waals surface area contributed by atoms with Crippen molar-refractivity contribution in [2.75, 3.05) is 5.32 Å². The summed E-state index contributed by atoms with van der Waals surface area (Å²) >= 11 is 14.8. The molecule has 2 heterocycles. The number of aliphatic carboxylic acids is 1. The van der Waals surface area contributed by atoms with E-state index in [0.717, 1.165) is 30.6 Å². The van der Waals surface area contributed by atoms with Crippen LogP contribution in [-0.2, 0) is 22.4 Å². The van der Waals surface area contributed by atoms with Crippen molar-refractivity contribution in [2.45, 2.75) is 12.8 Å². The molecule has 2 aromatic heterocycles. The van der Waals surface area contributed by atoms with Crippen molar-refractivity contribution in [1.29, 1.82) is 0 Å². The molecule has 2 N–H and O–H groups in total. The lowest BCUT2D eigenvalue weighted by molar-refractivity contribution is -0.136. The minimum absolute atomic E-state index is 0.0816. The predicted molar refractivity (Wildman–Crippen MR) is 160 cm³/mol. The van der Waals surface area contributed by atoms with Gasteiger partial charge in [0.05, 0.1) is 12.8 Å². The van der Waals surface area contributed by atoms with Gasteiger partial charge in [0.1, 0.15) is 5.82 Å². The summed E-state index contributed by atoms with van der Waals surface area (Å²) in [5.74, 6) is -1.25. The average molecular weight is 599 g/mol. The van der Waals surface area contributed by atoms with E-state index in [2.05, 4.69) is 5.32 Å². The van der Waals surface area contributed by atoms with Gasteiger partial charge >= 0.3 is 5.97 Å². The van der Waals surface area contributed by atoms with Gasteiger partial charge in [0, 0.05) is 35.2 Å². The highest BCUT2D eigenvalue weighted by molar-refractivity contribution is 7.15. The SMILES string of the molecule is O=C(Cc1ccc(-c2ccc(Cl)cc2)s1)Nc1ccc(F)cc1.O=C(O)Cc1ccc(-c2ccc(Cl)cc2)s1. The first-order chi connectivity index (χ1) is 18.7. The molecule has 0 radical (unpaired) electrons. The number of carbonyl (C=O) groups excluding carboxylic acids is 1. The third-order valence-electron chi connectivity index (χ3n) is 5.37. The van der Waals surface area contributed by atoms with Crippen molar-refractivity contribution in [1.82, 2.24) is 0 Å². The Labute approximate surface area is 243 Å². The number of carboxylic acids is 1. The van der Waals surface area contributed by atoms with Gasteiger partial charge < -0.3 is 10.4 Å². The van der Waals surface area contributed by atoms with Gasteiger partial charge in [0.25, 0.3) is 0 Å². The lowest BCUT2D eigenvalue weighted by Gasteiger charge is -2.03. The fourth-order valence-electron chi connectivity index (χ4n) is 3.53. The van der Waals surface area contributed by atoms with Crippen LogP contribution in [0.3, 0.4) is 0 Å². The molecule has 0 aliphatic heterocycles. The predicted octanol–water partition coefficient (Wildman–Crippen LogP) is 9.08. The van der Waals surface area contributed by atoms with Crippen molar-refractivity contribution in [3.8, 4) is 20.9 Å². The monoisotopic (exact) mass is 597 g/mol. The molecule has 3 aromatic carbocycles. The van der Waals surface area contributed by atoms with Crippen molar-refractivity contribution in [3.05, 3.63) is 123 Å². The van der Waals surface area contributed by atoms with Gasteiger partial charge in [-0.2, -0.15) is 0 Å². The molecule has 0 unspecified atom stereocenters. The van der Waals surface area contributed by atoms with Crippen LogP contribution in [0.1, 0.15) is 9.75 Å². The molecule has 9 heteroatoms. The van der Waals surface area contributed by atoms with Crippen LogP contribution < -0.4 is 5.32 Å². The Balaban J connectivity index is 0.000000193. The summed E-state index contributed by atoms with van der Waals surface area (Å²) in [7, 11) is 0. The summed E-state index contributed by atoms with van der Waals surface area (Å²) in [5, 5.41) is 12.8. The van der Waals surface area contributed by atoms with Crippen LogP contribution in [0.2, 0.25) is 10.0 Å². The highest BCUT2D eigenvalue weighted by Gasteiger charge is 2.09. The highest BCUT2D eigenvalue weighted by atomic mass is 35.5. The summed E-state index contributed by atoms with van der Waals surface area (Å²) in [6.07, 6.45) is 0.369. The Morgan fingerprint density at radius 1 is 0.667 bits per heavy atom. The van der Waals surface area contributed by atoms with E-state index in [1.54, 1.807) is 23.5 Å². The standard InChI is InChI=1S/C18H13ClFNOS.C12H9ClO2S/c19-13-3-1-12(2-4-13)17-10-9-16(23-17)11-18(22)21-15-7-5-14(20)6-8-15;13-9-3-1-8(2-4-9)11-6-5-10(16-11)7-12(14)15/h1-10H,11H2,(H,21,22);1-6H,7H2,(H,14,15). The maximum Gasteiger partial charge on any atom is 0.308 e. The van der Waals surface area contributed by atoms with E-state index in [9.17, 15) is 14.0 Å². The summed E-state index contributed by atoms with van der Waals surface area (Å²) in [4.78, 5) is 26.6. The van der Waals surface area contributed by atoms with Crippen LogP contribution in [0.15, 0.2) is 97.1 Å². The van der Waals surface area contributed by atoms with E-state index in [-0.39, 0.29) is 24.6 Å². The summed E-state index contributed by atoms with van der Waals surface area (Å²) in [6, 6.07) is 28.6. The van der Waals surface area contributed by atoms with E-state index in [4.69, 9.17) is 28.3 Å². The van der Waals surface area contributed by atoms with E-state index in [1.807, 2.05) is 72.8 Å². The number of rotatable bonds is 7. The topological polar surface area (TPSA) is 66.4 Å². The Morgan fingerprint density at radius 3 is 1.59 bits per heavy atom. The molecule has 0 saturated carbocycles. The first kappa shape index (κ1) is 28.5. The molecule has 0 spiro atoms. The molecule has 0 bridgehead atoms. The van der Waals surface area contributed by atoms with Gasteiger partial charge in [0.15, 0.2) is 0 Å². The molecule has 1 amide bonds. The number of carboxylic acid groups (broad SMARTS) is 1. The van der Waals surface area contributed by atoms with Crippen LogP contribution in [0.4, 0.5) is 10.1 Å². The normalized spacial score (nSPS) is 10.4. The second kappa shape index (κ2) is 13.5. The van der Waals surface area contributed by atoms with Crippen molar-refractivity contribution in [2.24, 2.45) is 0 Å². The third-order valence-corrected chi connectivity index (χ3v) is 8.14. The number of anilines is 1. The molecule has 5 aromatic rings. The Morgan fingerprint density at radius 2 is 1.13 bits per heavy atom. The van der Waals surface area contributed by atoms with Crippen LogP contribution in [0.5, 0.6) is 0 Å². The van der Waals surface area contributed by atoms with Crippen molar-refractivity contribution in [3.63, 3.8) is 0 Å². The number of benzene rings is 3. The largest absolute Gasteiger partial charge is 0.481 e. The van der Waals surface area contributed by atoms with Gasteiger partial charge in [-0.1, -0.05) is 47.5 Å². The average Bonchev–Trinajstić information content (AvgIpc) is 3.56. The first-order valence-corrected chi connectivity index (χ1v) is 14.1. The van der Waals surface area contributed by atoms with Gasteiger partial charge in [-0.3, -0.25) is 9.59 Å². The lowest BCUT2D eigenvalue weighted by atomic mass is 10.2. The molecule has 5 rings (SSSR count). The Hall–Kier alpha value is -3.49. The second-order valence-corrected chi connectivity index (χ2v) is 11.6. The highest BCUT2D eigenvalue weighted by Crippen LogP contribution is 2.30. The number of amides is 1. The quantitative estimate of drug-likeness (QED) is 0.196. The van der Waals surface area contributed by atoms with Crippen molar-refractivity contribution >= 4 is 63.4 Å². The lowest BCUT2D eigenvalue weighted by Crippen LogP contribution is -2.13. The summed E-state index contributed by atoms with van der Waals surface area (Å²) in [6.45, 7) is 0. The van der Waals surface area contributed by atoms with Gasteiger partial charge in [-0.25, -0.2) is 4.39 Å². The minimum Gasteiger partial charge on any atom is -0.481 e. The minimum atomic E-state index is -0.801. The number of halogens is 3. The smallest absolute Gasteiger partial charge is 0.308 e. The fourth-order valence-corrected chi connectivity index (χ4v) is 5.80. The zero-order chi connectivity index (χ0) is 27.8. The van der Waals surface area contributed by atoms with Crippen molar-refractivity contribution < 1.29 is 19.1 Å². The number of thiophene rings is 2. The summed E-state index contributed by atoms with van der Waals surface area (Å²) in [5.41, 5.74) is 2.72. The van der Waals surface area contributed by atoms with Crippen LogP contribution in [0, 0.1) is 5.82 Å². The zero-order valence-corrected chi connectivity index (χ0v) is 23.5. The molecule has 0 saturated heterocycles. The van der Waals surface area contributed by atoms with Gasteiger partial charge in [0.2, 0.25) is 5.91 Å². The number of nitrogens with one attached hydrogen (secondary N) is 1. The molecular formula is C30H22Cl2FNO3S2. The van der Waals surface area contributed by atoms with Gasteiger partial charge in [-0.15, -0.1) is 22.7 Å². The number of carbonyl (C=O) groups is 2. The van der Waals surface area contributed by atoms with E-state index >= 15 is 0 Å². The second-order valence-electron chi connectivity index (χ2n) is 8.35. The third kappa shape index (κ3) is 8.76. The molecule has 198 valence electrons. The molecule has 39 heavy (non-hydrogen) atoms. The van der Waals surface area contributed by atoms with E-state index in [1.165, 1.54) is 23.5 Å². The maximum atomic E-state index is 12.8. The van der Waals surface area contributed by atoms with Crippen LogP contribution >= 0.6 is 45.9 Å². The Bertz CT molecular complexity index is 1550. The molecular weight excluding hydrogens is 576 g/mol. The number of hydrogen-bond acceptors (Lipinski definition) is 4. The van der Waals surface area contributed by atoms with E-state index in [0.29, 0.717) is 15.7 Å². The molecule has 4 nitrogen and oxygen atoms in total. The molecule has 0 aliphatic rings. The van der Waals surface area contributed by atoms with Crippen LogP contribution in [-0.4, -0.2) is 17.0 Å². The van der Waals surface area contributed by atoms with Crippen LogP contribution in [0.25, 0.3) is 20.9 Å². The molecule has 0 aliphatic carbocycles. The molecule has 0 atom stereocenters. The maximum absolute atomic E-state index is 12.8. The Kier molecular flexibility index (Phi) is 9.90. The van der Waals surface area contributed by atoms with Gasteiger partial charge in [-0.05, 0) is 83.9 Å². The first-order valence-electron chi connectivity index (χ1n) is 11.7. The number of hydrogen-bond donors (Lipinski definition) is 2. The zero-order valence-electron chi connectivity index (χ0n) is 20.4. The molecule has 0 fully saturated rings. The van der Waals surface area contributed by atoms with E-state index < -0.39 is 5.97 Å². The summed E-state index contributed by atoms with van der Waals surface area (Å²) < 4.78 is 12.8. The fraction of sp³-hybridized carbons (Fsp3) is 0.0667.